The first-order valence-electron chi connectivity index (χ1n) is 8.52. The Hall–Kier alpha value is -1.06. The van der Waals surface area contributed by atoms with Gasteiger partial charge in [0.05, 0.1) is 25.6 Å². The fourth-order valence-electron chi connectivity index (χ4n) is 2.71. The molecule has 25 heavy (non-hydrogen) atoms. The Morgan fingerprint density at radius 2 is 1.72 bits per heavy atom. The second-order valence-corrected chi connectivity index (χ2v) is 8.13. The Morgan fingerprint density at radius 1 is 1.04 bits per heavy atom. The van der Waals surface area contributed by atoms with Crippen LogP contribution in [0.15, 0.2) is 24.3 Å². The van der Waals surface area contributed by atoms with Gasteiger partial charge in [-0.05, 0) is 24.1 Å². The van der Waals surface area contributed by atoms with E-state index in [0.717, 1.165) is 18.5 Å². The number of nitrogens with zero attached hydrogens (tertiary/aromatic N) is 2. The SMILES string of the molecule is COCCOCCS(=O)(=O)N1CCN(CCc2ccc(F)cc2)CC1. The second-order valence-electron chi connectivity index (χ2n) is 6.04. The number of rotatable bonds is 10. The van der Waals surface area contributed by atoms with Gasteiger partial charge in [0, 0.05) is 39.8 Å². The van der Waals surface area contributed by atoms with Crippen molar-refractivity contribution in [3.05, 3.63) is 35.6 Å². The molecule has 0 radical (unpaired) electrons. The van der Waals surface area contributed by atoms with Crippen LogP contribution in [0.25, 0.3) is 0 Å². The minimum atomic E-state index is -3.27. The fraction of sp³-hybridized carbons (Fsp3) is 0.647. The average molecular weight is 374 g/mol. The van der Waals surface area contributed by atoms with Crippen molar-refractivity contribution in [3.8, 4) is 0 Å². The quantitative estimate of drug-likeness (QED) is 0.572. The third kappa shape index (κ3) is 6.99. The predicted molar refractivity (Wildman–Crippen MR) is 94.6 cm³/mol. The number of hydrogen-bond donors (Lipinski definition) is 0. The zero-order chi connectivity index (χ0) is 18.1. The first kappa shape index (κ1) is 20.3. The highest BCUT2D eigenvalue weighted by atomic mass is 32.2. The number of piperazine rings is 1. The number of sulfonamides is 1. The minimum Gasteiger partial charge on any atom is -0.382 e. The highest BCUT2D eigenvalue weighted by Crippen LogP contribution is 2.10. The van der Waals surface area contributed by atoms with Gasteiger partial charge in [-0.15, -0.1) is 0 Å². The van der Waals surface area contributed by atoms with Gasteiger partial charge in [-0.25, -0.2) is 12.8 Å². The monoisotopic (exact) mass is 374 g/mol. The Kier molecular flexibility index (Phi) is 8.25. The van der Waals surface area contributed by atoms with Crippen LogP contribution in [0.1, 0.15) is 5.56 Å². The van der Waals surface area contributed by atoms with Gasteiger partial charge in [-0.3, -0.25) is 0 Å². The highest BCUT2D eigenvalue weighted by Gasteiger charge is 2.26. The van der Waals surface area contributed by atoms with Gasteiger partial charge in [-0.1, -0.05) is 12.1 Å². The van der Waals surface area contributed by atoms with Crippen LogP contribution < -0.4 is 0 Å². The molecule has 1 aliphatic rings. The number of hydrogen-bond acceptors (Lipinski definition) is 5. The van der Waals surface area contributed by atoms with Gasteiger partial charge in [-0.2, -0.15) is 4.31 Å². The topological polar surface area (TPSA) is 59.1 Å². The van der Waals surface area contributed by atoms with Crippen LogP contribution in [-0.2, 0) is 25.9 Å². The van der Waals surface area contributed by atoms with E-state index in [9.17, 15) is 12.8 Å². The summed E-state index contributed by atoms with van der Waals surface area (Å²) in [5.41, 5.74) is 1.09. The maximum Gasteiger partial charge on any atom is 0.216 e. The zero-order valence-corrected chi connectivity index (χ0v) is 15.5. The molecule has 1 aromatic carbocycles. The molecule has 0 unspecified atom stereocenters. The molecule has 1 aromatic rings. The van der Waals surface area contributed by atoms with Crippen molar-refractivity contribution < 1.29 is 22.3 Å². The van der Waals surface area contributed by atoms with Crippen molar-refractivity contribution in [2.24, 2.45) is 0 Å². The van der Waals surface area contributed by atoms with E-state index in [-0.39, 0.29) is 18.2 Å². The van der Waals surface area contributed by atoms with Crippen LogP contribution in [0.5, 0.6) is 0 Å². The summed E-state index contributed by atoms with van der Waals surface area (Å²) < 4.78 is 49.1. The van der Waals surface area contributed by atoms with Gasteiger partial charge in [0.1, 0.15) is 5.82 Å². The predicted octanol–water partition coefficient (Wildman–Crippen LogP) is 0.979. The Bertz CT molecular complexity index is 602. The molecule has 1 saturated heterocycles. The molecule has 6 nitrogen and oxygen atoms in total. The number of ether oxygens (including phenoxy) is 2. The minimum absolute atomic E-state index is 0.00624. The maximum absolute atomic E-state index is 12.9. The van der Waals surface area contributed by atoms with Crippen molar-refractivity contribution in [3.63, 3.8) is 0 Å². The largest absolute Gasteiger partial charge is 0.382 e. The Balaban J connectivity index is 1.68. The molecular formula is C17H27FN2O4S. The molecule has 0 bridgehead atoms. The molecule has 1 heterocycles. The highest BCUT2D eigenvalue weighted by molar-refractivity contribution is 7.89. The van der Waals surface area contributed by atoms with Crippen LogP contribution in [-0.4, -0.2) is 83.0 Å². The molecule has 1 aliphatic heterocycles. The van der Waals surface area contributed by atoms with Crippen LogP contribution in [0.3, 0.4) is 0 Å². The summed E-state index contributed by atoms with van der Waals surface area (Å²) in [4.78, 5) is 2.24. The normalized spacial score (nSPS) is 17.0. The van der Waals surface area contributed by atoms with Crippen molar-refractivity contribution in [2.75, 3.05) is 65.4 Å². The standard InChI is InChI=1S/C17H27FN2O4S/c1-23-12-13-24-14-15-25(21,22)20-10-8-19(9-11-20)7-6-16-2-4-17(18)5-3-16/h2-5H,6-15H2,1H3. The number of benzene rings is 1. The summed E-state index contributed by atoms with van der Waals surface area (Å²) in [5.74, 6) is -0.222. The van der Waals surface area contributed by atoms with Gasteiger partial charge in [0.25, 0.3) is 0 Å². The summed E-state index contributed by atoms with van der Waals surface area (Å²) in [5, 5.41) is 0. The molecule has 0 amide bonds. The van der Waals surface area contributed by atoms with Crippen LogP contribution in [0, 0.1) is 5.82 Å². The van der Waals surface area contributed by atoms with E-state index in [1.54, 1.807) is 23.5 Å². The Morgan fingerprint density at radius 3 is 2.36 bits per heavy atom. The van der Waals surface area contributed by atoms with Crippen molar-refractivity contribution in [2.45, 2.75) is 6.42 Å². The van der Waals surface area contributed by atoms with Crippen molar-refractivity contribution in [1.29, 1.82) is 0 Å². The molecule has 142 valence electrons. The van der Waals surface area contributed by atoms with E-state index in [0.29, 0.717) is 39.4 Å². The molecule has 0 N–H and O–H groups in total. The first-order valence-corrected chi connectivity index (χ1v) is 10.1. The van der Waals surface area contributed by atoms with E-state index in [1.807, 2.05) is 0 Å². The van der Waals surface area contributed by atoms with E-state index in [4.69, 9.17) is 9.47 Å². The number of methoxy groups -OCH3 is 1. The molecule has 2 rings (SSSR count). The Labute approximate surface area is 149 Å². The third-order valence-electron chi connectivity index (χ3n) is 4.27. The maximum atomic E-state index is 12.9. The molecule has 0 atom stereocenters. The molecule has 0 aliphatic carbocycles. The van der Waals surface area contributed by atoms with Crippen LogP contribution in [0.4, 0.5) is 4.39 Å². The van der Waals surface area contributed by atoms with E-state index >= 15 is 0 Å². The van der Waals surface area contributed by atoms with Crippen molar-refractivity contribution in [1.82, 2.24) is 9.21 Å². The van der Waals surface area contributed by atoms with E-state index in [2.05, 4.69) is 4.90 Å². The number of halogens is 1. The average Bonchev–Trinajstić information content (AvgIpc) is 2.61. The summed E-state index contributed by atoms with van der Waals surface area (Å²) >= 11 is 0. The van der Waals surface area contributed by atoms with Gasteiger partial charge >= 0.3 is 0 Å². The smallest absolute Gasteiger partial charge is 0.216 e. The fourth-order valence-corrected chi connectivity index (χ4v) is 4.01. The summed E-state index contributed by atoms with van der Waals surface area (Å²) in [6, 6.07) is 6.52. The molecule has 0 spiro atoms. The van der Waals surface area contributed by atoms with Crippen LogP contribution in [0.2, 0.25) is 0 Å². The third-order valence-corrected chi connectivity index (χ3v) is 6.11. The lowest BCUT2D eigenvalue weighted by Crippen LogP contribution is -2.49. The van der Waals surface area contributed by atoms with Gasteiger partial charge in [0.2, 0.25) is 10.0 Å². The molecule has 1 fully saturated rings. The summed E-state index contributed by atoms with van der Waals surface area (Å²) in [7, 11) is -1.69. The van der Waals surface area contributed by atoms with Gasteiger partial charge < -0.3 is 14.4 Å². The van der Waals surface area contributed by atoms with E-state index < -0.39 is 10.0 Å². The van der Waals surface area contributed by atoms with Crippen LogP contribution >= 0.6 is 0 Å². The zero-order valence-electron chi connectivity index (χ0n) is 14.7. The van der Waals surface area contributed by atoms with Crippen molar-refractivity contribution >= 4 is 10.0 Å². The molecular weight excluding hydrogens is 347 g/mol. The van der Waals surface area contributed by atoms with E-state index in [1.165, 1.54) is 12.1 Å². The summed E-state index contributed by atoms with van der Waals surface area (Å²) in [6.45, 7) is 4.34. The lowest BCUT2D eigenvalue weighted by molar-refractivity contribution is 0.0779. The lowest BCUT2D eigenvalue weighted by Gasteiger charge is -2.34. The second kappa shape index (κ2) is 10.2. The molecule has 0 aromatic heterocycles. The first-order chi connectivity index (χ1) is 12.0. The molecule has 8 heteroatoms. The van der Waals surface area contributed by atoms with Gasteiger partial charge in [0.15, 0.2) is 0 Å². The summed E-state index contributed by atoms with van der Waals surface area (Å²) in [6.07, 6.45) is 0.834. The molecule has 0 saturated carbocycles. The lowest BCUT2D eigenvalue weighted by atomic mass is 10.1.